The molecule has 0 aliphatic heterocycles. The first-order chi connectivity index (χ1) is 9.36. The Balaban J connectivity index is 0.000000361. The van der Waals surface area contributed by atoms with Gasteiger partial charge in [-0.3, -0.25) is 0 Å². The minimum atomic E-state index is 0.844. The van der Waals surface area contributed by atoms with Crippen LogP contribution in [0.2, 0.25) is 0 Å². The smallest absolute Gasteiger partial charge is 0.0161 e. The molecular formula is C20H34. The Bertz CT molecular complexity index is 342. The van der Waals surface area contributed by atoms with Crippen molar-refractivity contribution in [3.8, 4) is 0 Å². The van der Waals surface area contributed by atoms with Gasteiger partial charge in [-0.05, 0) is 58.8 Å². The zero-order valence-corrected chi connectivity index (χ0v) is 14.3. The van der Waals surface area contributed by atoms with Crippen LogP contribution >= 0.6 is 0 Å². The third kappa shape index (κ3) is 9.83. The molecule has 0 aromatic carbocycles. The lowest BCUT2D eigenvalue weighted by molar-refractivity contribution is 0.321. The molecule has 0 aromatic rings. The van der Waals surface area contributed by atoms with Crippen molar-refractivity contribution in [1.82, 2.24) is 0 Å². The van der Waals surface area contributed by atoms with Crippen LogP contribution in [0.25, 0.3) is 0 Å². The maximum absolute atomic E-state index is 4.00. The number of allylic oxidation sites excluding steroid dienone is 6. The van der Waals surface area contributed by atoms with Crippen molar-refractivity contribution >= 4 is 0 Å². The van der Waals surface area contributed by atoms with Crippen molar-refractivity contribution in [3.63, 3.8) is 0 Å². The molecule has 0 unspecified atom stereocenters. The third-order valence-electron chi connectivity index (χ3n) is 4.00. The van der Waals surface area contributed by atoms with Crippen molar-refractivity contribution in [2.75, 3.05) is 0 Å². The first-order valence-electron chi connectivity index (χ1n) is 7.94. The maximum atomic E-state index is 4.00. The summed E-state index contributed by atoms with van der Waals surface area (Å²) >= 11 is 0. The van der Waals surface area contributed by atoms with Crippen molar-refractivity contribution in [2.24, 2.45) is 11.8 Å². The Morgan fingerprint density at radius 2 is 1.55 bits per heavy atom. The molecule has 1 saturated carbocycles. The Labute approximate surface area is 127 Å². The minimum Gasteiger partial charge on any atom is -0.0999 e. The monoisotopic (exact) mass is 274 g/mol. The molecule has 1 aliphatic carbocycles. The second-order valence-electron chi connectivity index (χ2n) is 6.47. The van der Waals surface area contributed by atoms with E-state index in [2.05, 4.69) is 59.9 Å². The zero-order chi connectivity index (χ0) is 15.5. The Morgan fingerprint density at radius 1 is 1.00 bits per heavy atom. The van der Waals surface area contributed by atoms with E-state index in [4.69, 9.17) is 0 Å². The highest BCUT2D eigenvalue weighted by molar-refractivity contribution is 5.14. The fourth-order valence-corrected chi connectivity index (χ4v) is 2.32. The fraction of sp³-hybridized carbons (Fsp3) is 0.600. The predicted octanol–water partition coefficient (Wildman–Crippen LogP) is 6.86. The Morgan fingerprint density at radius 3 is 1.95 bits per heavy atom. The second kappa shape index (κ2) is 10.7. The number of hydrogen-bond acceptors (Lipinski definition) is 0. The molecule has 0 heteroatoms. The van der Waals surface area contributed by atoms with Gasteiger partial charge in [-0.25, -0.2) is 0 Å². The van der Waals surface area contributed by atoms with Crippen LogP contribution in [-0.2, 0) is 0 Å². The van der Waals surface area contributed by atoms with Crippen molar-refractivity contribution in [1.29, 1.82) is 0 Å². The van der Waals surface area contributed by atoms with Crippen LogP contribution < -0.4 is 0 Å². The Hall–Kier alpha value is -1.04. The van der Waals surface area contributed by atoms with Gasteiger partial charge < -0.3 is 0 Å². The molecule has 0 N–H and O–H groups in total. The highest BCUT2D eigenvalue weighted by Gasteiger charge is 2.17. The molecule has 20 heavy (non-hydrogen) atoms. The van der Waals surface area contributed by atoms with Crippen LogP contribution in [0.3, 0.4) is 0 Å². The summed E-state index contributed by atoms with van der Waals surface area (Å²) in [7, 11) is 0. The molecule has 0 spiro atoms. The molecule has 1 rings (SSSR count). The van der Waals surface area contributed by atoms with E-state index in [0.717, 1.165) is 18.3 Å². The molecule has 1 fully saturated rings. The van der Waals surface area contributed by atoms with Gasteiger partial charge in [-0.2, -0.15) is 0 Å². The van der Waals surface area contributed by atoms with Gasteiger partial charge in [0, 0.05) is 0 Å². The van der Waals surface area contributed by atoms with Crippen LogP contribution in [0.1, 0.15) is 66.7 Å². The quantitative estimate of drug-likeness (QED) is 0.388. The molecule has 0 saturated heterocycles. The van der Waals surface area contributed by atoms with Gasteiger partial charge in [0.2, 0.25) is 0 Å². The van der Waals surface area contributed by atoms with Gasteiger partial charge in [0.1, 0.15) is 0 Å². The van der Waals surface area contributed by atoms with E-state index in [-0.39, 0.29) is 0 Å². The average Bonchev–Trinajstić information content (AvgIpc) is 2.39. The predicted molar refractivity (Wildman–Crippen MR) is 93.9 cm³/mol. The van der Waals surface area contributed by atoms with E-state index in [0.29, 0.717) is 0 Å². The highest BCUT2D eigenvalue weighted by atomic mass is 14.2. The van der Waals surface area contributed by atoms with Crippen molar-refractivity contribution in [3.05, 3.63) is 48.1 Å². The van der Waals surface area contributed by atoms with Gasteiger partial charge in [-0.15, -0.1) is 0 Å². The maximum Gasteiger partial charge on any atom is -0.0161 e. The first-order valence-corrected chi connectivity index (χ1v) is 7.94. The van der Waals surface area contributed by atoms with Crippen molar-refractivity contribution in [2.45, 2.75) is 66.7 Å². The van der Waals surface area contributed by atoms with Gasteiger partial charge in [0.25, 0.3) is 0 Å². The van der Waals surface area contributed by atoms with E-state index >= 15 is 0 Å². The van der Waals surface area contributed by atoms with Crippen LogP contribution in [0.5, 0.6) is 0 Å². The molecule has 0 bridgehead atoms. The standard InChI is InChI=1S/C10H18.C10H16/c1-8(2)10-6-4-9(3)5-7-10;1-5-10(4)8-6-7-9(2)3/h9-10H,1,4-7H2,2-3H3;5,7-8H,1,6H2,2-4H3. The molecule has 0 aromatic heterocycles. The van der Waals surface area contributed by atoms with E-state index in [1.807, 2.05) is 6.08 Å². The summed E-state index contributed by atoms with van der Waals surface area (Å²) in [5, 5.41) is 0. The van der Waals surface area contributed by atoms with E-state index < -0.39 is 0 Å². The summed E-state index contributed by atoms with van der Waals surface area (Å²) in [5.74, 6) is 1.81. The molecule has 1 aliphatic rings. The van der Waals surface area contributed by atoms with Crippen LogP contribution in [0.15, 0.2) is 48.1 Å². The molecule has 0 amide bonds. The average molecular weight is 274 g/mol. The van der Waals surface area contributed by atoms with Crippen LogP contribution in [-0.4, -0.2) is 0 Å². The lowest BCUT2D eigenvalue weighted by Crippen LogP contribution is -2.12. The summed E-state index contributed by atoms with van der Waals surface area (Å²) < 4.78 is 0. The number of hydrogen-bond donors (Lipinski definition) is 0. The normalized spacial score (nSPS) is 22.4. The topological polar surface area (TPSA) is 0 Å². The van der Waals surface area contributed by atoms with Crippen LogP contribution in [0.4, 0.5) is 0 Å². The fourth-order valence-electron chi connectivity index (χ4n) is 2.32. The largest absolute Gasteiger partial charge is 0.0999 e. The lowest BCUT2D eigenvalue weighted by atomic mass is 9.80. The second-order valence-corrected chi connectivity index (χ2v) is 6.47. The first kappa shape index (κ1) is 19.0. The Kier molecular flexibility index (Phi) is 10.2. The lowest BCUT2D eigenvalue weighted by Gasteiger charge is -2.26. The highest BCUT2D eigenvalue weighted by Crippen LogP contribution is 2.31. The third-order valence-corrected chi connectivity index (χ3v) is 4.00. The number of rotatable bonds is 4. The van der Waals surface area contributed by atoms with E-state index in [9.17, 15) is 0 Å². The van der Waals surface area contributed by atoms with Crippen molar-refractivity contribution < 1.29 is 0 Å². The summed E-state index contributed by atoms with van der Waals surface area (Å²) in [6.45, 7) is 18.5. The molecule has 0 nitrogen and oxygen atoms in total. The van der Waals surface area contributed by atoms with Gasteiger partial charge >= 0.3 is 0 Å². The van der Waals surface area contributed by atoms with E-state index in [1.54, 1.807) is 0 Å². The molecule has 114 valence electrons. The summed E-state index contributed by atoms with van der Waals surface area (Å²) in [5.41, 5.74) is 4.01. The van der Waals surface area contributed by atoms with Gasteiger partial charge in [-0.1, -0.05) is 67.9 Å². The zero-order valence-electron chi connectivity index (χ0n) is 14.3. The SMILES string of the molecule is C=C(C)C1CCC(C)CC1.C=CC(C)=CCC=C(C)C. The molecule has 0 heterocycles. The van der Waals surface area contributed by atoms with Crippen LogP contribution in [0, 0.1) is 11.8 Å². The molecule has 0 radical (unpaired) electrons. The summed E-state index contributed by atoms with van der Waals surface area (Å²) in [6, 6.07) is 0. The molecular weight excluding hydrogens is 240 g/mol. The molecule has 0 atom stereocenters. The van der Waals surface area contributed by atoms with Gasteiger partial charge in [0.15, 0.2) is 0 Å². The minimum absolute atomic E-state index is 0.844. The summed E-state index contributed by atoms with van der Waals surface area (Å²) in [4.78, 5) is 0. The van der Waals surface area contributed by atoms with E-state index in [1.165, 1.54) is 42.4 Å². The summed E-state index contributed by atoms with van der Waals surface area (Å²) in [6.07, 6.45) is 12.9. The van der Waals surface area contributed by atoms with Gasteiger partial charge in [0.05, 0.1) is 0 Å².